The molecule has 0 aliphatic carbocycles. The average molecular weight is 399 g/mol. The molecule has 0 bridgehead atoms. The third-order valence-corrected chi connectivity index (χ3v) is 5.42. The van der Waals surface area contributed by atoms with Crippen LogP contribution >= 0.6 is 11.3 Å². The highest BCUT2D eigenvalue weighted by molar-refractivity contribution is 7.19. The van der Waals surface area contributed by atoms with Crippen LogP contribution in [0.15, 0.2) is 83.9 Å². The summed E-state index contributed by atoms with van der Waals surface area (Å²) in [6, 6.07) is 24.5. The quantitative estimate of drug-likeness (QED) is 0.220. The first-order chi connectivity index (χ1) is 14.1. The van der Waals surface area contributed by atoms with Crippen LogP contribution in [0.25, 0.3) is 21.7 Å². The van der Waals surface area contributed by atoms with Crippen LogP contribution < -0.4 is 0 Å². The Bertz CT molecular complexity index is 1170. The van der Waals surface area contributed by atoms with E-state index in [1.54, 1.807) is 18.3 Å². The third kappa shape index (κ3) is 4.28. The van der Waals surface area contributed by atoms with Gasteiger partial charge in [-0.3, -0.25) is 10.1 Å². The molecule has 142 valence electrons. The first kappa shape index (κ1) is 18.7. The van der Waals surface area contributed by atoms with E-state index in [1.165, 1.54) is 29.0 Å². The molecule has 0 N–H and O–H groups in total. The molecular formula is C23H17N3O2S. The summed E-state index contributed by atoms with van der Waals surface area (Å²) in [6.45, 7) is 2.05. The van der Waals surface area contributed by atoms with E-state index in [9.17, 15) is 10.1 Å². The molecule has 0 atom stereocenters. The first-order valence-corrected chi connectivity index (χ1v) is 9.83. The molecular weight excluding hydrogens is 382 g/mol. The fourth-order valence-corrected chi connectivity index (χ4v) is 3.81. The second kappa shape index (κ2) is 8.16. The number of hydrogen-bond donors (Lipinski definition) is 0. The number of non-ortho nitro benzene ring substituents is 1. The summed E-state index contributed by atoms with van der Waals surface area (Å²) in [7, 11) is 0. The highest BCUT2D eigenvalue weighted by atomic mass is 32.1. The Morgan fingerprint density at radius 2 is 1.62 bits per heavy atom. The smallest absolute Gasteiger partial charge is 0.258 e. The molecule has 0 spiro atoms. The maximum absolute atomic E-state index is 11.0. The van der Waals surface area contributed by atoms with Crippen molar-refractivity contribution >= 4 is 28.4 Å². The number of aromatic nitrogens is 1. The number of rotatable bonds is 5. The van der Waals surface area contributed by atoms with Crippen molar-refractivity contribution in [3.63, 3.8) is 0 Å². The molecule has 5 nitrogen and oxygen atoms in total. The van der Waals surface area contributed by atoms with Crippen LogP contribution in [0.4, 0.5) is 10.8 Å². The molecule has 0 saturated carbocycles. The number of aliphatic imine (C=N–C) groups is 1. The highest BCUT2D eigenvalue weighted by Gasteiger charge is 2.15. The lowest BCUT2D eigenvalue weighted by molar-refractivity contribution is -0.384. The first-order valence-electron chi connectivity index (χ1n) is 9.02. The topological polar surface area (TPSA) is 68.4 Å². The Morgan fingerprint density at radius 3 is 2.28 bits per heavy atom. The summed E-state index contributed by atoms with van der Waals surface area (Å²) < 4.78 is 0. The molecule has 0 radical (unpaired) electrons. The van der Waals surface area contributed by atoms with Crippen LogP contribution in [0.1, 0.15) is 11.1 Å². The number of nitrogens with zero attached hydrogens (tertiary/aromatic N) is 3. The molecule has 4 rings (SSSR count). The SMILES string of the molecule is Cc1ccc(C=Nc2nc(-c3ccccc3)c(-c3ccc([N+](=O)[O-])cc3)s2)cc1. The predicted octanol–water partition coefficient (Wildman–Crippen LogP) is 6.44. The number of nitro benzene ring substituents is 1. The zero-order chi connectivity index (χ0) is 20.2. The molecule has 4 aromatic rings. The zero-order valence-electron chi connectivity index (χ0n) is 15.6. The normalized spacial score (nSPS) is 11.1. The minimum Gasteiger partial charge on any atom is -0.258 e. The number of benzene rings is 3. The fraction of sp³-hybridized carbons (Fsp3) is 0.0435. The summed E-state index contributed by atoms with van der Waals surface area (Å²) in [6.07, 6.45) is 1.80. The van der Waals surface area contributed by atoms with Crippen molar-refractivity contribution in [3.8, 4) is 21.7 Å². The van der Waals surface area contributed by atoms with Gasteiger partial charge in [0, 0.05) is 23.9 Å². The van der Waals surface area contributed by atoms with Crippen LogP contribution in [0.2, 0.25) is 0 Å². The molecule has 3 aromatic carbocycles. The van der Waals surface area contributed by atoms with Gasteiger partial charge in [-0.05, 0) is 30.2 Å². The van der Waals surface area contributed by atoms with E-state index >= 15 is 0 Å². The van der Waals surface area contributed by atoms with Crippen molar-refractivity contribution in [2.24, 2.45) is 4.99 Å². The lowest BCUT2D eigenvalue weighted by atomic mass is 10.1. The largest absolute Gasteiger partial charge is 0.269 e. The molecule has 0 fully saturated rings. The summed E-state index contributed by atoms with van der Waals surface area (Å²) in [5.74, 6) is 0. The molecule has 6 heteroatoms. The van der Waals surface area contributed by atoms with Gasteiger partial charge < -0.3 is 0 Å². The van der Waals surface area contributed by atoms with E-state index in [2.05, 4.69) is 4.99 Å². The van der Waals surface area contributed by atoms with Gasteiger partial charge in [0.2, 0.25) is 5.13 Å². The molecule has 1 aromatic heterocycles. The van der Waals surface area contributed by atoms with Crippen molar-refractivity contribution in [1.29, 1.82) is 0 Å². The monoisotopic (exact) mass is 399 g/mol. The number of aryl methyl sites for hydroxylation is 1. The average Bonchev–Trinajstić information content (AvgIpc) is 3.18. The Morgan fingerprint density at radius 1 is 0.931 bits per heavy atom. The van der Waals surface area contributed by atoms with Crippen molar-refractivity contribution in [2.75, 3.05) is 0 Å². The number of hydrogen-bond acceptors (Lipinski definition) is 5. The van der Waals surface area contributed by atoms with E-state index in [0.717, 1.165) is 27.3 Å². The van der Waals surface area contributed by atoms with E-state index in [0.29, 0.717) is 5.13 Å². The highest BCUT2D eigenvalue weighted by Crippen LogP contribution is 2.40. The van der Waals surface area contributed by atoms with Gasteiger partial charge in [-0.25, -0.2) is 9.98 Å². The molecule has 0 aliphatic rings. The third-order valence-electron chi connectivity index (χ3n) is 4.40. The lowest BCUT2D eigenvalue weighted by Gasteiger charge is -2.02. The Kier molecular flexibility index (Phi) is 5.27. The Hall–Kier alpha value is -3.64. The minimum absolute atomic E-state index is 0.0668. The maximum Gasteiger partial charge on any atom is 0.269 e. The van der Waals surface area contributed by atoms with Crippen molar-refractivity contribution in [2.45, 2.75) is 6.92 Å². The summed E-state index contributed by atoms with van der Waals surface area (Å²) in [5.41, 5.74) is 4.95. The van der Waals surface area contributed by atoms with Gasteiger partial charge in [-0.1, -0.05) is 71.5 Å². The zero-order valence-corrected chi connectivity index (χ0v) is 16.5. The summed E-state index contributed by atoms with van der Waals surface area (Å²) >= 11 is 1.47. The molecule has 0 unspecified atom stereocenters. The fourth-order valence-electron chi connectivity index (χ4n) is 2.87. The Balaban J connectivity index is 1.74. The molecule has 1 heterocycles. The van der Waals surface area contributed by atoms with Crippen LogP contribution in [-0.2, 0) is 0 Å². The molecule has 0 aliphatic heterocycles. The van der Waals surface area contributed by atoms with Crippen LogP contribution in [0.5, 0.6) is 0 Å². The van der Waals surface area contributed by atoms with Crippen molar-refractivity contribution < 1.29 is 4.92 Å². The van der Waals surface area contributed by atoms with Gasteiger partial charge >= 0.3 is 0 Å². The van der Waals surface area contributed by atoms with Crippen LogP contribution in [-0.4, -0.2) is 16.1 Å². The van der Waals surface area contributed by atoms with Crippen LogP contribution in [0.3, 0.4) is 0 Å². The van der Waals surface area contributed by atoms with E-state index < -0.39 is 4.92 Å². The van der Waals surface area contributed by atoms with Gasteiger partial charge in [-0.2, -0.15) is 0 Å². The van der Waals surface area contributed by atoms with Crippen molar-refractivity contribution in [3.05, 3.63) is 100 Å². The van der Waals surface area contributed by atoms with Gasteiger partial charge in [0.15, 0.2) is 0 Å². The van der Waals surface area contributed by atoms with E-state index in [-0.39, 0.29) is 5.69 Å². The predicted molar refractivity (Wildman–Crippen MR) is 118 cm³/mol. The molecule has 29 heavy (non-hydrogen) atoms. The maximum atomic E-state index is 11.0. The van der Waals surface area contributed by atoms with Gasteiger partial charge in [0.25, 0.3) is 5.69 Å². The molecule has 0 saturated heterocycles. The minimum atomic E-state index is -0.397. The Labute approximate surface area is 172 Å². The second-order valence-corrected chi connectivity index (χ2v) is 7.49. The summed E-state index contributed by atoms with van der Waals surface area (Å²) in [4.78, 5) is 20.8. The van der Waals surface area contributed by atoms with E-state index in [4.69, 9.17) is 4.98 Å². The van der Waals surface area contributed by atoms with Gasteiger partial charge in [-0.15, -0.1) is 0 Å². The number of nitro groups is 1. The van der Waals surface area contributed by atoms with Gasteiger partial charge in [0.05, 0.1) is 15.5 Å². The standard InChI is InChI=1S/C23H17N3O2S/c1-16-7-9-17(10-8-16)15-24-23-25-21(18-5-3-2-4-6-18)22(29-23)19-11-13-20(14-12-19)26(27)28/h2-15H,1H3. The lowest BCUT2D eigenvalue weighted by Crippen LogP contribution is -1.87. The second-order valence-electron chi connectivity index (χ2n) is 6.51. The number of thiazole rings is 1. The van der Waals surface area contributed by atoms with Crippen LogP contribution in [0, 0.1) is 17.0 Å². The van der Waals surface area contributed by atoms with Crippen molar-refractivity contribution in [1.82, 2.24) is 4.98 Å². The van der Waals surface area contributed by atoms with Gasteiger partial charge in [0.1, 0.15) is 0 Å². The van der Waals surface area contributed by atoms with E-state index in [1.807, 2.05) is 61.5 Å². The summed E-state index contributed by atoms with van der Waals surface area (Å²) in [5, 5.41) is 11.6. The molecule has 0 amide bonds.